The fraction of sp³-hybridized carbons (Fsp3) is 0.680. The molecule has 1 atom stereocenters. The van der Waals surface area contributed by atoms with Gasteiger partial charge in [-0.25, -0.2) is 9.18 Å². The Morgan fingerprint density at radius 2 is 1.78 bits per heavy atom. The Morgan fingerprint density at radius 1 is 1.16 bits per heavy atom. The summed E-state index contributed by atoms with van der Waals surface area (Å²) in [7, 11) is 1.35. The maximum Gasteiger partial charge on any atom is 0.328 e. The minimum absolute atomic E-state index is 0.142. The molecular formula is C25H32FNO5. The van der Waals surface area contributed by atoms with Crippen molar-refractivity contribution in [2.24, 2.45) is 23.2 Å². The van der Waals surface area contributed by atoms with Gasteiger partial charge in [-0.2, -0.15) is 0 Å². The van der Waals surface area contributed by atoms with Crippen molar-refractivity contribution in [3.05, 3.63) is 29.1 Å². The lowest BCUT2D eigenvalue weighted by molar-refractivity contribution is -0.140. The van der Waals surface area contributed by atoms with Gasteiger partial charge in [0.25, 0.3) is 5.91 Å². The second kappa shape index (κ2) is 8.32. The summed E-state index contributed by atoms with van der Waals surface area (Å²) < 4.78 is 26.1. The van der Waals surface area contributed by atoms with Gasteiger partial charge in [-0.15, -0.1) is 0 Å². The lowest BCUT2D eigenvalue weighted by atomic mass is 9.50. The second-order valence-corrected chi connectivity index (χ2v) is 10.7. The van der Waals surface area contributed by atoms with Crippen LogP contribution in [-0.4, -0.2) is 43.3 Å². The summed E-state index contributed by atoms with van der Waals surface area (Å²) in [4.78, 5) is 24.0. The molecule has 5 fully saturated rings. The smallest absolute Gasteiger partial charge is 0.328 e. The number of rotatable bonds is 9. The number of methoxy groups -OCH3 is 1. The Morgan fingerprint density at radius 3 is 2.31 bits per heavy atom. The molecule has 32 heavy (non-hydrogen) atoms. The molecule has 5 aliphatic rings. The van der Waals surface area contributed by atoms with E-state index in [1.54, 1.807) is 6.07 Å². The number of hydrogen-bond donors (Lipinski definition) is 2. The molecule has 7 heteroatoms. The van der Waals surface area contributed by atoms with E-state index in [1.807, 2.05) is 0 Å². The van der Waals surface area contributed by atoms with E-state index in [4.69, 9.17) is 9.47 Å². The molecule has 6 nitrogen and oxygen atoms in total. The van der Waals surface area contributed by atoms with Gasteiger partial charge in [-0.3, -0.25) is 4.79 Å². The van der Waals surface area contributed by atoms with Crippen LogP contribution < -0.4 is 10.1 Å². The predicted molar refractivity (Wildman–Crippen MR) is 115 cm³/mol. The number of carbonyl (C=O) groups is 2. The van der Waals surface area contributed by atoms with E-state index in [-0.39, 0.29) is 23.5 Å². The molecule has 0 radical (unpaired) electrons. The highest BCUT2D eigenvalue weighted by molar-refractivity contribution is 5.97. The second-order valence-electron chi connectivity index (χ2n) is 10.7. The van der Waals surface area contributed by atoms with Crippen LogP contribution in [0.3, 0.4) is 0 Å². The molecule has 5 saturated carbocycles. The number of amides is 1. The molecule has 0 spiro atoms. The van der Waals surface area contributed by atoms with Gasteiger partial charge in [-0.1, -0.05) is 0 Å². The van der Waals surface area contributed by atoms with Crippen LogP contribution >= 0.6 is 0 Å². The number of aliphatic carboxylic acids is 1. The zero-order valence-electron chi connectivity index (χ0n) is 18.6. The van der Waals surface area contributed by atoms with E-state index in [0.29, 0.717) is 12.4 Å². The molecule has 174 valence electrons. The van der Waals surface area contributed by atoms with Gasteiger partial charge in [0.2, 0.25) is 0 Å². The van der Waals surface area contributed by atoms with Crippen LogP contribution in [0.4, 0.5) is 4.39 Å². The summed E-state index contributed by atoms with van der Waals surface area (Å²) in [6.07, 6.45) is 9.73. The third kappa shape index (κ3) is 4.24. The van der Waals surface area contributed by atoms with Crippen molar-refractivity contribution in [1.29, 1.82) is 0 Å². The third-order valence-corrected chi connectivity index (χ3v) is 8.00. The maximum absolute atomic E-state index is 15.0. The maximum atomic E-state index is 15.0. The zero-order chi connectivity index (χ0) is 22.5. The number of hydrogen-bond acceptors (Lipinski definition) is 4. The van der Waals surface area contributed by atoms with Gasteiger partial charge in [0.05, 0.1) is 18.8 Å². The summed E-state index contributed by atoms with van der Waals surface area (Å²) >= 11 is 0. The van der Waals surface area contributed by atoms with Crippen LogP contribution in [0.25, 0.3) is 0 Å². The van der Waals surface area contributed by atoms with Crippen LogP contribution in [0.2, 0.25) is 0 Å². The zero-order valence-corrected chi connectivity index (χ0v) is 18.6. The fourth-order valence-corrected chi connectivity index (χ4v) is 6.86. The highest BCUT2D eigenvalue weighted by atomic mass is 19.1. The molecule has 6 rings (SSSR count). The van der Waals surface area contributed by atoms with Gasteiger partial charge in [0.15, 0.2) is 6.04 Å². The SMILES string of the molecule is COCC(NC(=O)c1cc(C2CC2)c(OCC23CC4CC(CC(C4)C2)C3)cc1F)C(=O)O. The van der Waals surface area contributed by atoms with Crippen LogP contribution in [-0.2, 0) is 9.53 Å². The molecule has 0 saturated heterocycles. The number of halogens is 1. The largest absolute Gasteiger partial charge is 0.493 e. The van der Waals surface area contributed by atoms with Crippen molar-refractivity contribution in [3.63, 3.8) is 0 Å². The average Bonchev–Trinajstić information content (AvgIpc) is 3.56. The minimum atomic E-state index is -1.23. The monoisotopic (exact) mass is 445 g/mol. The molecule has 0 heterocycles. The lowest BCUT2D eigenvalue weighted by Gasteiger charge is -2.56. The topological polar surface area (TPSA) is 84.9 Å². The highest BCUT2D eigenvalue weighted by Gasteiger charge is 2.51. The van der Waals surface area contributed by atoms with Crippen LogP contribution in [0, 0.1) is 29.0 Å². The molecule has 1 aromatic carbocycles. The highest BCUT2D eigenvalue weighted by Crippen LogP contribution is 2.60. The average molecular weight is 446 g/mol. The predicted octanol–water partition coefficient (Wildman–Crippen LogP) is 4.13. The van der Waals surface area contributed by atoms with E-state index in [9.17, 15) is 19.1 Å². The number of nitrogens with one attached hydrogen (secondary N) is 1. The Kier molecular flexibility index (Phi) is 5.64. The van der Waals surface area contributed by atoms with E-state index < -0.39 is 23.7 Å². The van der Waals surface area contributed by atoms with E-state index >= 15 is 0 Å². The van der Waals surface area contributed by atoms with Crippen molar-refractivity contribution in [1.82, 2.24) is 5.32 Å². The van der Waals surface area contributed by atoms with E-state index in [2.05, 4.69) is 5.32 Å². The van der Waals surface area contributed by atoms with Gasteiger partial charge in [0, 0.05) is 18.6 Å². The molecule has 1 amide bonds. The number of carboxylic acids is 1. The number of carbonyl (C=O) groups excluding carboxylic acids is 1. The Hall–Kier alpha value is -2.15. The van der Waals surface area contributed by atoms with Gasteiger partial charge < -0.3 is 19.9 Å². The summed E-state index contributed by atoms with van der Waals surface area (Å²) in [6, 6.07) is 1.65. The van der Waals surface area contributed by atoms with E-state index in [1.165, 1.54) is 51.7 Å². The van der Waals surface area contributed by atoms with Crippen molar-refractivity contribution < 1.29 is 28.6 Å². The molecular weight excluding hydrogens is 413 g/mol. The number of ether oxygens (including phenoxy) is 2. The fourth-order valence-electron chi connectivity index (χ4n) is 6.86. The van der Waals surface area contributed by atoms with Gasteiger partial charge in [-0.05, 0) is 86.7 Å². The van der Waals surface area contributed by atoms with Crippen LogP contribution in [0.5, 0.6) is 5.75 Å². The molecule has 5 aliphatic carbocycles. The van der Waals surface area contributed by atoms with Crippen LogP contribution in [0.15, 0.2) is 12.1 Å². The first-order valence-corrected chi connectivity index (χ1v) is 11.8. The van der Waals surface area contributed by atoms with E-state index in [0.717, 1.165) is 36.2 Å². The van der Waals surface area contributed by atoms with Crippen molar-refractivity contribution in [2.45, 2.75) is 63.3 Å². The summed E-state index contributed by atoms with van der Waals surface area (Å²) in [5, 5.41) is 11.6. The standard InChI is InChI=1S/C25H32FNO5/c1-31-12-21(24(29)30)27-23(28)19-7-18(17-2-3-17)22(8-20(19)26)32-13-25-9-14-4-15(10-25)6-16(5-14)11-25/h7-8,14-17,21H,2-6,9-13H2,1H3,(H,27,28)(H,29,30). The first kappa shape index (κ1) is 21.7. The first-order chi connectivity index (χ1) is 15.4. The molecule has 0 aliphatic heterocycles. The summed E-state index contributed by atoms with van der Waals surface area (Å²) in [5.74, 6) is 0.625. The first-order valence-electron chi connectivity index (χ1n) is 11.8. The van der Waals surface area contributed by atoms with Crippen molar-refractivity contribution >= 4 is 11.9 Å². The quantitative estimate of drug-likeness (QED) is 0.597. The minimum Gasteiger partial charge on any atom is -0.493 e. The summed E-state index contributed by atoms with van der Waals surface area (Å²) in [5.41, 5.74) is 0.938. The number of carboxylic acid groups (broad SMARTS) is 1. The Labute approximate surface area is 187 Å². The molecule has 1 unspecified atom stereocenters. The lowest BCUT2D eigenvalue weighted by Crippen LogP contribution is -2.48. The Bertz CT molecular complexity index is 877. The Balaban J connectivity index is 1.33. The molecule has 0 aromatic heterocycles. The summed E-state index contributed by atoms with van der Waals surface area (Å²) in [6.45, 7) is 0.431. The molecule has 4 bridgehead atoms. The van der Waals surface area contributed by atoms with Gasteiger partial charge >= 0.3 is 5.97 Å². The number of benzene rings is 1. The normalized spacial score (nSPS) is 31.4. The van der Waals surface area contributed by atoms with Crippen LogP contribution in [0.1, 0.15) is 73.2 Å². The molecule has 1 aromatic rings. The van der Waals surface area contributed by atoms with Gasteiger partial charge in [0.1, 0.15) is 11.6 Å². The van der Waals surface area contributed by atoms with Crippen molar-refractivity contribution in [3.8, 4) is 5.75 Å². The molecule has 2 N–H and O–H groups in total. The van der Waals surface area contributed by atoms with Crippen molar-refractivity contribution in [2.75, 3.05) is 20.3 Å². The third-order valence-electron chi connectivity index (χ3n) is 8.00.